The third-order valence-electron chi connectivity index (χ3n) is 9.75. The number of rotatable bonds is 12. The first-order valence-electron chi connectivity index (χ1n) is 16.7. The quantitative estimate of drug-likeness (QED) is 0.181. The van der Waals surface area contributed by atoms with Gasteiger partial charge in [-0.2, -0.15) is 0 Å². The van der Waals surface area contributed by atoms with Crippen LogP contribution in [0.5, 0.6) is 0 Å². The number of ether oxygens (including phenoxy) is 1. The van der Waals surface area contributed by atoms with Crippen LogP contribution in [0.25, 0.3) is 11.0 Å². The molecule has 1 aromatic carbocycles. The predicted molar refractivity (Wildman–Crippen MR) is 182 cm³/mol. The molecule has 3 amide bonds. The first-order valence-corrected chi connectivity index (χ1v) is 16.7. The molecule has 2 unspecified atom stereocenters. The van der Waals surface area contributed by atoms with Gasteiger partial charge in [0, 0.05) is 29.8 Å². The van der Waals surface area contributed by atoms with Crippen molar-refractivity contribution < 1.29 is 28.3 Å². The van der Waals surface area contributed by atoms with E-state index in [-0.39, 0.29) is 42.2 Å². The molecule has 2 aliphatic carbocycles. The lowest BCUT2D eigenvalue weighted by atomic mass is 9.59. The molecule has 2 saturated carbocycles. The number of furan rings is 1. The minimum absolute atomic E-state index is 0.0271. The topological polar surface area (TPSA) is 149 Å². The van der Waals surface area contributed by atoms with Crippen molar-refractivity contribution in [1.82, 2.24) is 15.2 Å². The zero-order valence-electron chi connectivity index (χ0n) is 28.2. The van der Waals surface area contributed by atoms with Crippen molar-refractivity contribution in [2.45, 2.75) is 78.3 Å². The number of carbonyl (C=O) groups is 4. The normalized spacial score (nSPS) is 22.6. The summed E-state index contributed by atoms with van der Waals surface area (Å²) in [5, 5.41) is 9.20. The molecule has 256 valence electrons. The molecule has 11 nitrogen and oxygen atoms in total. The fourth-order valence-electron chi connectivity index (χ4n) is 7.75. The number of methoxy groups -OCH3 is 1. The number of nitrogens with zero attached hydrogens (tertiary/aromatic N) is 1. The Kier molecular flexibility index (Phi) is 10.9. The number of allylic oxidation sites excluding steroid dienone is 1. The van der Waals surface area contributed by atoms with Gasteiger partial charge in [0.05, 0.1) is 7.11 Å². The number of para-hydroxylation sites is 1. The average molecular weight is 659 g/mol. The second-order valence-corrected chi connectivity index (χ2v) is 14.0. The van der Waals surface area contributed by atoms with Crippen LogP contribution < -0.4 is 21.5 Å². The van der Waals surface area contributed by atoms with E-state index in [0.29, 0.717) is 29.5 Å². The van der Waals surface area contributed by atoms with Crippen LogP contribution in [-0.2, 0) is 25.7 Å². The fourth-order valence-corrected chi connectivity index (χ4v) is 7.75. The highest BCUT2D eigenvalue weighted by atomic mass is 16.5. The summed E-state index contributed by atoms with van der Waals surface area (Å²) in [6, 6.07) is 9.19. The lowest BCUT2D eigenvalue weighted by molar-refractivity contribution is -0.134. The van der Waals surface area contributed by atoms with Crippen LogP contribution in [0.15, 0.2) is 64.0 Å². The molecule has 0 aliphatic heterocycles. The number of carbonyl (C=O) groups excluding carboxylic acids is 4. The summed E-state index contributed by atoms with van der Waals surface area (Å²) >= 11 is 0. The molecule has 2 aliphatic rings. The van der Waals surface area contributed by atoms with Gasteiger partial charge >= 0.3 is 5.97 Å². The third-order valence-corrected chi connectivity index (χ3v) is 9.75. The van der Waals surface area contributed by atoms with Gasteiger partial charge < -0.3 is 29.7 Å². The summed E-state index contributed by atoms with van der Waals surface area (Å²) in [6.07, 6.45) is 10.6. The Balaban J connectivity index is 1.24. The van der Waals surface area contributed by atoms with Gasteiger partial charge in [0.2, 0.25) is 11.8 Å². The molecule has 2 fully saturated rings. The number of fused-ring (bicyclic) bond motifs is 3. The van der Waals surface area contributed by atoms with Gasteiger partial charge in [-0.15, -0.1) is 0 Å². The maximum absolute atomic E-state index is 13.5. The van der Waals surface area contributed by atoms with E-state index in [0.717, 1.165) is 24.1 Å². The Morgan fingerprint density at radius 1 is 1.08 bits per heavy atom. The van der Waals surface area contributed by atoms with Gasteiger partial charge in [-0.05, 0) is 93.2 Å². The summed E-state index contributed by atoms with van der Waals surface area (Å²) in [5.41, 5.74) is 0.641. The van der Waals surface area contributed by atoms with E-state index in [2.05, 4.69) is 34.5 Å². The van der Waals surface area contributed by atoms with Crippen molar-refractivity contribution in [2.24, 2.45) is 23.2 Å². The van der Waals surface area contributed by atoms with E-state index in [4.69, 9.17) is 4.42 Å². The molecular weight excluding hydrogens is 612 g/mol. The third kappa shape index (κ3) is 8.42. The number of nitrogens with one attached hydrogen (secondary N) is 3. The Morgan fingerprint density at radius 2 is 1.81 bits per heavy atom. The minimum Gasteiger partial charge on any atom is -0.466 e. The Labute approximate surface area is 280 Å². The summed E-state index contributed by atoms with van der Waals surface area (Å²) in [4.78, 5) is 64.7. The summed E-state index contributed by atoms with van der Waals surface area (Å²) in [5.74, 6) is 0.220. The van der Waals surface area contributed by atoms with Crippen LogP contribution in [0.2, 0.25) is 0 Å². The smallest absolute Gasteiger partial charge is 0.330 e. The number of amides is 3. The Bertz CT molecular complexity index is 1740. The molecule has 3 atom stereocenters. The van der Waals surface area contributed by atoms with Crippen LogP contribution in [0.1, 0.15) is 74.9 Å². The maximum Gasteiger partial charge on any atom is 0.330 e. The van der Waals surface area contributed by atoms with Crippen LogP contribution in [-0.4, -0.2) is 48.0 Å². The fraction of sp³-hybridized carbons (Fsp3) is 0.486. The number of hydrogen-bond acceptors (Lipinski definition) is 7. The number of pyridine rings is 1. The van der Waals surface area contributed by atoms with Crippen LogP contribution >= 0.6 is 0 Å². The summed E-state index contributed by atoms with van der Waals surface area (Å²) in [7, 11) is 1.26. The van der Waals surface area contributed by atoms with Crippen LogP contribution in [0.4, 0.5) is 5.69 Å². The number of hydrogen-bond donors (Lipinski definition) is 3. The van der Waals surface area contributed by atoms with Gasteiger partial charge in [-0.25, -0.2) is 4.79 Å². The lowest BCUT2D eigenvalue weighted by Crippen LogP contribution is -2.45. The number of esters is 1. The monoisotopic (exact) mass is 658 g/mol. The zero-order chi connectivity index (χ0) is 34.4. The summed E-state index contributed by atoms with van der Waals surface area (Å²) in [6.45, 7) is 6.73. The van der Waals surface area contributed by atoms with E-state index in [1.165, 1.54) is 49.3 Å². The van der Waals surface area contributed by atoms with E-state index >= 15 is 0 Å². The molecule has 48 heavy (non-hydrogen) atoms. The maximum atomic E-state index is 13.5. The Hall–Kier alpha value is -4.67. The van der Waals surface area contributed by atoms with Crippen LogP contribution in [0.3, 0.4) is 0 Å². The first kappa shape index (κ1) is 34.7. The number of anilines is 1. The highest BCUT2D eigenvalue weighted by Gasteiger charge is 2.41. The minimum atomic E-state index is -1.08. The second-order valence-electron chi connectivity index (χ2n) is 14.0. The zero-order valence-corrected chi connectivity index (χ0v) is 28.2. The number of aromatic nitrogens is 1. The standard InChI is InChI=1S/C37H46N4O7/c1-23-16-25-18-26(17-23)20-37(3,19-25)22-38-31(42)21-41-15-9-12-29(36(41)46)40-34(44)28(11-6-8-14-32(43)47-4)39-35(45)33-24(2)27-10-5-7-13-30(27)48-33/h5,7-10,12-15,23,25-26,28H,6,11,16-22H2,1-4H3,(H,38,42)(H,39,45)(H,40,44)/b14-8+/t23?,25?,26?,28-,37?/m0/s1. The molecule has 3 N–H and O–H groups in total. The summed E-state index contributed by atoms with van der Waals surface area (Å²) < 4.78 is 11.7. The molecule has 3 aromatic rings. The highest BCUT2D eigenvalue weighted by Crippen LogP contribution is 2.49. The van der Waals surface area contributed by atoms with Gasteiger partial charge in [-0.1, -0.05) is 38.1 Å². The Morgan fingerprint density at radius 3 is 2.52 bits per heavy atom. The van der Waals surface area contributed by atoms with Crippen molar-refractivity contribution in [1.29, 1.82) is 0 Å². The SMILES string of the molecule is COC(=O)/C=C/CC[C@H](NC(=O)c1oc2ccccc2c1C)C(=O)Nc1cccn(CC(=O)NCC2(C)CC3CC(C)CC(C3)C2)c1=O. The van der Waals surface area contributed by atoms with Gasteiger partial charge in [-0.3, -0.25) is 19.2 Å². The lowest BCUT2D eigenvalue weighted by Gasteiger charge is -2.47. The molecule has 2 aromatic heterocycles. The van der Waals surface area contributed by atoms with Crippen molar-refractivity contribution in [2.75, 3.05) is 19.0 Å². The van der Waals surface area contributed by atoms with E-state index in [1.54, 1.807) is 31.2 Å². The molecule has 2 heterocycles. The highest BCUT2D eigenvalue weighted by molar-refractivity contribution is 6.03. The molecule has 5 rings (SSSR count). The average Bonchev–Trinajstić information content (AvgIpc) is 3.38. The molecule has 11 heteroatoms. The molecular formula is C37H46N4O7. The van der Waals surface area contributed by atoms with E-state index in [1.807, 2.05) is 12.1 Å². The molecule has 0 saturated heterocycles. The number of aryl methyl sites for hydroxylation is 1. The van der Waals surface area contributed by atoms with Crippen molar-refractivity contribution in [3.05, 3.63) is 76.4 Å². The molecule has 0 radical (unpaired) electrons. The van der Waals surface area contributed by atoms with Crippen LogP contribution in [0, 0.1) is 30.1 Å². The molecule has 2 bridgehead atoms. The predicted octanol–water partition coefficient (Wildman–Crippen LogP) is 5.12. The first-order chi connectivity index (χ1) is 22.9. The van der Waals surface area contributed by atoms with Gasteiger partial charge in [0.1, 0.15) is 23.9 Å². The van der Waals surface area contributed by atoms with Crippen molar-refractivity contribution in [3.8, 4) is 0 Å². The van der Waals surface area contributed by atoms with Crippen molar-refractivity contribution >= 4 is 40.3 Å². The largest absolute Gasteiger partial charge is 0.466 e. The van der Waals surface area contributed by atoms with Crippen molar-refractivity contribution in [3.63, 3.8) is 0 Å². The van der Waals surface area contributed by atoms with Gasteiger partial charge in [0.15, 0.2) is 5.76 Å². The van der Waals surface area contributed by atoms with Gasteiger partial charge in [0.25, 0.3) is 11.5 Å². The number of benzene rings is 1. The second kappa shape index (κ2) is 15.0. The molecule has 0 spiro atoms. The van der Waals surface area contributed by atoms with E-state index in [9.17, 15) is 24.0 Å². The van der Waals surface area contributed by atoms with E-state index < -0.39 is 29.4 Å².